The number of benzene rings is 2. The van der Waals surface area contributed by atoms with Gasteiger partial charge in [0.2, 0.25) is 0 Å². The van der Waals surface area contributed by atoms with Gasteiger partial charge in [0.05, 0.1) is 17.5 Å². The number of hydrogen-bond donors (Lipinski definition) is 2. The maximum atomic E-state index is 12.1. The summed E-state index contributed by atoms with van der Waals surface area (Å²) in [7, 11) is 0. The van der Waals surface area contributed by atoms with E-state index in [1.54, 1.807) is 36.4 Å². The predicted molar refractivity (Wildman–Crippen MR) is 93.4 cm³/mol. The van der Waals surface area contributed by atoms with Crippen molar-refractivity contribution in [1.29, 1.82) is 0 Å². The molecule has 8 heteroatoms. The van der Waals surface area contributed by atoms with E-state index in [9.17, 15) is 14.4 Å². The van der Waals surface area contributed by atoms with Gasteiger partial charge in [-0.05, 0) is 29.8 Å². The fourth-order valence-corrected chi connectivity index (χ4v) is 2.40. The van der Waals surface area contributed by atoms with Gasteiger partial charge in [0, 0.05) is 0 Å². The Morgan fingerprint density at radius 3 is 2.65 bits per heavy atom. The Hall–Kier alpha value is -3.68. The molecule has 2 aromatic rings. The Morgan fingerprint density at radius 1 is 1.19 bits per heavy atom. The monoisotopic (exact) mass is 353 g/mol. The van der Waals surface area contributed by atoms with Crippen molar-refractivity contribution < 1.29 is 24.2 Å². The summed E-state index contributed by atoms with van der Waals surface area (Å²) >= 11 is 0. The first-order chi connectivity index (χ1) is 12.5. The molecule has 0 radical (unpaired) electrons. The van der Waals surface area contributed by atoms with Crippen LogP contribution in [0.1, 0.15) is 15.9 Å². The molecule has 0 saturated carbocycles. The molecule has 2 aromatic carbocycles. The largest absolute Gasteiger partial charge is 0.482 e. The quantitative estimate of drug-likeness (QED) is 0.621. The normalized spacial score (nSPS) is 13.2. The van der Waals surface area contributed by atoms with E-state index in [0.29, 0.717) is 17.0 Å². The summed E-state index contributed by atoms with van der Waals surface area (Å²) in [6, 6.07) is 13.0. The molecule has 3 rings (SSSR count). The summed E-state index contributed by atoms with van der Waals surface area (Å²) in [5.41, 5.74) is 3.67. The molecule has 2 amide bonds. The van der Waals surface area contributed by atoms with Gasteiger partial charge >= 0.3 is 5.97 Å². The number of nitrogens with zero attached hydrogens (tertiary/aromatic N) is 2. The molecule has 132 valence electrons. The van der Waals surface area contributed by atoms with Crippen molar-refractivity contribution in [1.82, 2.24) is 5.43 Å². The first kappa shape index (κ1) is 17.2. The zero-order valence-electron chi connectivity index (χ0n) is 13.6. The van der Waals surface area contributed by atoms with Crippen LogP contribution in [0.15, 0.2) is 53.6 Å². The molecule has 0 atom stereocenters. The minimum absolute atomic E-state index is 0.122. The van der Waals surface area contributed by atoms with Crippen LogP contribution >= 0.6 is 0 Å². The number of carbonyl (C=O) groups excluding carboxylic acids is 2. The fourth-order valence-electron chi connectivity index (χ4n) is 2.40. The number of para-hydroxylation sites is 2. The Balaban J connectivity index is 1.60. The Morgan fingerprint density at radius 2 is 1.92 bits per heavy atom. The van der Waals surface area contributed by atoms with Gasteiger partial charge in [-0.2, -0.15) is 5.10 Å². The third-order valence-corrected chi connectivity index (χ3v) is 3.67. The summed E-state index contributed by atoms with van der Waals surface area (Å²) in [5.74, 6) is -1.25. The lowest BCUT2D eigenvalue weighted by molar-refractivity contribution is -0.125. The number of rotatable bonds is 5. The number of aromatic carboxylic acids is 1. The van der Waals surface area contributed by atoms with Crippen molar-refractivity contribution in [3.05, 3.63) is 59.7 Å². The number of hydrazone groups is 1. The first-order valence-corrected chi connectivity index (χ1v) is 7.72. The SMILES string of the molecule is O=C(CN1C(=O)COc2ccccc21)N/N=C\c1ccc(C(=O)O)cc1. The van der Waals surface area contributed by atoms with Gasteiger partial charge in [0.25, 0.3) is 11.8 Å². The van der Waals surface area contributed by atoms with E-state index >= 15 is 0 Å². The van der Waals surface area contributed by atoms with Crippen molar-refractivity contribution in [2.75, 3.05) is 18.1 Å². The lowest BCUT2D eigenvalue weighted by Gasteiger charge is -2.28. The highest BCUT2D eigenvalue weighted by atomic mass is 16.5. The summed E-state index contributed by atoms with van der Waals surface area (Å²) in [6.07, 6.45) is 1.39. The van der Waals surface area contributed by atoms with Crippen molar-refractivity contribution >= 4 is 29.7 Å². The number of fused-ring (bicyclic) bond motifs is 1. The number of ether oxygens (including phenoxy) is 1. The van der Waals surface area contributed by atoms with E-state index in [1.807, 2.05) is 0 Å². The Bertz CT molecular complexity index is 877. The third-order valence-electron chi connectivity index (χ3n) is 3.67. The van der Waals surface area contributed by atoms with Gasteiger partial charge in [-0.15, -0.1) is 0 Å². The maximum Gasteiger partial charge on any atom is 0.335 e. The van der Waals surface area contributed by atoms with Crippen LogP contribution in [0.4, 0.5) is 5.69 Å². The van der Waals surface area contributed by atoms with Crippen molar-refractivity contribution in [3.8, 4) is 5.75 Å². The van der Waals surface area contributed by atoms with Crippen LogP contribution in [-0.4, -0.2) is 42.3 Å². The molecule has 2 N–H and O–H groups in total. The number of amides is 2. The number of nitrogens with one attached hydrogen (secondary N) is 1. The van der Waals surface area contributed by atoms with Crippen molar-refractivity contribution in [3.63, 3.8) is 0 Å². The minimum Gasteiger partial charge on any atom is -0.482 e. The average molecular weight is 353 g/mol. The first-order valence-electron chi connectivity index (χ1n) is 7.72. The van der Waals surface area contributed by atoms with E-state index < -0.39 is 11.9 Å². The van der Waals surface area contributed by atoms with E-state index in [4.69, 9.17) is 9.84 Å². The highest BCUT2D eigenvalue weighted by Gasteiger charge is 2.26. The zero-order valence-corrected chi connectivity index (χ0v) is 13.6. The number of hydrogen-bond acceptors (Lipinski definition) is 5. The molecule has 0 bridgehead atoms. The van der Waals surface area contributed by atoms with E-state index in [-0.39, 0.29) is 24.6 Å². The second-order valence-electron chi connectivity index (χ2n) is 5.46. The summed E-state index contributed by atoms with van der Waals surface area (Å²) in [5, 5.41) is 12.7. The van der Waals surface area contributed by atoms with Crippen molar-refractivity contribution in [2.45, 2.75) is 0 Å². The van der Waals surface area contributed by atoms with E-state index in [1.165, 1.54) is 23.2 Å². The molecule has 1 aliphatic rings. The highest BCUT2D eigenvalue weighted by Crippen LogP contribution is 2.31. The average Bonchev–Trinajstić information content (AvgIpc) is 2.64. The van der Waals surface area contributed by atoms with Crippen LogP contribution in [0.5, 0.6) is 5.75 Å². The Kier molecular flexibility index (Phi) is 4.93. The Labute approximate surface area is 148 Å². The van der Waals surface area contributed by atoms with Gasteiger partial charge in [0.15, 0.2) is 6.61 Å². The summed E-state index contributed by atoms with van der Waals surface area (Å²) in [6.45, 7) is -0.308. The molecular weight excluding hydrogens is 338 g/mol. The predicted octanol–water partition coefficient (Wildman–Crippen LogP) is 1.26. The van der Waals surface area contributed by atoms with Crippen molar-refractivity contribution in [2.24, 2.45) is 5.10 Å². The molecule has 0 fully saturated rings. The smallest absolute Gasteiger partial charge is 0.335 e. The summed E-state index contributed by atoms with van der Waals surface area (Å²) < 4.78 is 5.32. The fraction of sp³-hybridized carbons (Fsp3) is 0.111. The minimum atomic E-state index is -1.02. The standard InChI is InChI=1S/C18H15N3O5/c22-16(20-19-9-12-5-7-13(8-6-12)18(24)25)10-21-14-3-1-2-4-15(14)26-11-17(21)23/h1-9H,10-11H2,(H,20,22)(H,24,25)/b19-9-. The molecule has 0 saturated heterocycles. The van der Waals surface area contributed by atoms with Gasteiger partial charge in [-0.1, -0.05) is 24.3 Å². The van der Waals surface area contributed by atoms with Crippen LogP contribution in [0.2, 0.25) is 0 Å². The van der Waals surface area contributed by atoms with Crippen LogP contribution in [0.25, 0.3) is 0 Å². The van der Waals surface area contributed by atoms with Gasteiger partial charge < -0.3 is 9.84 Å². The second kappa shape index (κ2) is 7.47. The lowest BCUT2D eigenvalue weighted by Crippen LogP contribution is -2.44. The third kappa shape index (κ3) is 3.86. The molecule has 0 aliphatic carbocycles. The molecule has 0 spiro atoms. The van der Waals surface area contributed by atoms with E-state index in [0.717, 1.165) is 0 Å². The molecular formula is C18H15N3O5. The lowest BCUT2D eigenvalue weighted by atomic mass is 10.1. The van der Waals surface area contributed by atoms with Gasteiger partial charge in [-0.25, -0.2) is 10.2 Å². The van der Waals surface area contributed by atoms with Crippen LogP contribution in [0, 0.1) is 0 Å². The van der Waals surface area contributed by atoms with Crippen LogP contribution in [-0.2, 0) is 9.59 Å². The summed E-state index contributed by atoms with van der Waals surface area (Å²) in [4.78, 5) is 36.2. The molecule has 0 unspecified atom stereocenters. The number of carboxylic acid groups (broad SMARTS) is 1. The highest BCUT2D eigenvalue weighted by molar-refractivity contribution is 6.02. The molecule has 0 aromatic heterocycles. The number of carboxylic acids is 1. The van der Waals surface area contributed by atoms with Crippen LogP contribution in [0.3, 0.4) is 0 Å². The second-order valence-corrected chi connectivity index (χ2v) is 5.46. The van der Waals surface area contributed by atoms with E-state index in [2.05, 4.69) is 10.5 Å². The van der Waals surface area contributed by atoms with Gasteiger partial charge in [-0.3, -0.25) is 14.5 Å². The molecule has 8 nitrogen and oxygen atoms in total. The topological polar surface area (TPSA) is 108 Å². The van der Waals surface area contributed by atoms with Gasteiger partial charge in [0.1, 0.15) is 12.3 Å². The maximum absolute atomic E-state index is 12.1. The van der Waals surface area contributed by atoms with Crippen LogP contribution < -0.4 is 15.1 Å². The number of carbonyl (C=O) groups is 3. The number of anilines is 1. The molecule has 1 aliphatic heterocycles. The zero-order chi connectivity index (χ0) is 18.5. The molecule has 1 heterocycles. The molecule has 26 heavy (non-hydrogen) atoms.